The molecule has 0 bridgehead atoms. The molecule has 1 aromatic heterocycles. The van der Waals surface area contributed by atoms with Crippen LogP contribution in [0.2, 0.25) is 0 Å². The first-order valence-corrected chi connectivity index (χ1v) is 7.29. The number of benzene rings is 2. The molecule has 3 aromatic rings. The van der Waals surface area contributed by atoms with Gasteiger partial charge in [0.2, 0.25) is 0 Å². The Morgan fingerprint density at radius 1 is 1.09 bits per heavy atom. The van der Waals surface area contributed by atoms with Crippen LogP contribution in [0.4, 0.5) is 4.79 Å². The van der Waals surface area contributed by atoms with E-state index in [9.17, 15) is 9.59 Å². The Kier molecular flexibility index (Phi) is 4.14. The third-order valence-electron chi connectivity index (χ3n) is 3.31. The Balaban J connectivity index is 1.72. The van der Waals surface area contributed by atoms with Gasteiger partial charge in [0.25, 0.3) is 5.91 Å². The largest absolute Gasteiger partial charge is 0.484 e. The zero-order valence-corrected chi connectivity index (χ0v) is 12.6. The molecule has 0 spiro atoms. The van der Waals surface area contributed by atoms with E-state index in [1.807, 2.05) is 30.3 Å². The second-order valence-corrected chi connectivity index (χ2v) is 4.95. The molecule has 2 aromatic carbocycles. The summed E-state index contributed by atoms with van der Waals surface area (Å²) in [5.74, 6) is 0.0307. The van der Waals surface area contributed by atoms with Crippen molar-refractivity contribution >= 4 is 33.9 Å². The third kappa shape index (κ3) is 3.26. The minimum atomic E-state index is -0.530. The van der Waals surface area contributed by atoms with Crippen LogP contribution in [-0.4, -0.2) is 25.1 Å². The van der Waals surface area contributed by atoms with Crippen LogP contribution in [0.5, 0.6) is 5.75 Å². The monoisotopic (exact) mass is 312 g/mol. The van der Waals surface area contributed by atoms with Crippen molar-refractivity contribution < 1.29 is 18.7 Å². The predicted molar refractivity (Wildman–Crippen MR) is 86.4 cm³/mol. The van der Waals surface area contributed by atoms with Crippen LogP contribution in [0.1, 0.15) is 6.92 Å². The zero-order chi connectivity index (χ0) is 16.2. The van der Waals surface area contributed by atoms with Gasteiger partial charge in [-0.05, 0) is 31.2 Å². The van der Waals surface area contributed by atoms with Crippen LogP contribution in [0.3, 0.4) is 0 Å². The first kappa shape index (κ1) is 14.9. The zero-order valence-electron chi connectivity index (χ0n) is 12.6. The van der Waals surface area contributed by atoms with Gasteiger partial charge >= 0.3 is 6.03 Å². The van der Waals surface area contributed by atoms with E-state index >= 15 is 0 Å². The molecular weight excluding hydrogens is 296 g/mol. The molecule has 0 atom stereocenters. The Morgan fingerprint density at radius 2 is 1.87 bits per heavy atom. The summed E-state index contributed by atoms with van der Waals surface area (Å²) in [6, 6.07) is 12.5. The summed E-state index contributed by atoms with van der Waals surface area (Å²) < 4.78 is 11.2. The molecule has 23 heavy (non-hydrogen) atoms. The van der Waals surface area contributed by atoms with Gasteiger partial charge in [-0.15, -0.1) is 0 Å². The highest BCUT2D eigenvalue weighted by molar-refractivity contribution is 6.05. The second kappa shape index (κ2) is 6.39. The average molecular weight is 312 g/mol. The van der Waals surface area contributed by atoms with Crippen LogP contribution in [0.15, 0.2) is 46.9 Å². The number of nitrogens with one attached hydrogen (secondary N) is 2. The molecule has 0 saturated carbocycles. The smallest absolute Gasteiger partial charge is 0.321 e. The molecule has 6 heteroatoms. The third-order valence-corrected chi connectivity index (χ3v) is 3.31. The molecule has 0 radical (unpaired) electrons. The highest BCUT2D eigenvalue weighted by atomic mass is 16.5. The van der Waals surface area contributed by atoms with Crippen molar-refractivity contribution in [3.8, 4) is 5.75 Å². The minimum Gasteiger partial charge on any atom is -0.484 e. The van der Waals surface area contributed by atoms with Gasteiger partial charge in [0, 0.05) is 17.3 Å². The molecule has 0 saturated heterocycles. The van der Waals surface area contributed by atoms with Crippen LogP contribution in [0, 0.1) is 0 Å². The predicted octanol–water partition coefficient (Wildman–Crippen LogP) is 2.81. The molecular formula is C17H16N2O4. The van der Waals surface area contributed by atoms with E-state index in [-0.39, 0.29) is 6.61 Å². The maximum Gasteiger partial charge on any atom is 0.321 e. The lowest BCUT2D eigenvalue weighted by molar-refractivity contribution is -0.122. The minimum absolute atomic E-state index is 0.238. The summed E-state index contributed by atoms with van der Waals surface area (Å²) in [6.07, 6.45) is 0. The Hall–Kier alpha value is -3.02. The van der Waals surface area contributed by atoms with Gasteiger partial charge in [-0.2, -0.15) is 0 Å². The van der Waals surface area contributed by atoms with E-state index in [0.29, 0.717) is 12.3 Å². The fourth-order valence-corrected chi connectivity index (χ4v) is 2.31. The van der Waals surface area contributed by atoms with E-state index in [4.69, 9.17) is 9.15 Å². The molecule has 0 unspecified atom stereocenters. The molecule has 2 N–H and O–H groups in total. The van der Waals surface area contributed by atoms with Gasteiger partial charge < -0.3 is 14.5 Å². The summed E-state index contributed by atoms with van der Waals surface area (Å²) in [5.41, 5.74) is 1.55. The summed E-state index contributed by atoms with van der Waals surface area (Å²) in [5, 5.41) is 6.56. The molecule has 0 aliphatic carbocycles. The summed E-state index contributed by atoms with van der Waals surface area (Å²) >= 11 is 0. The molecule has 1 heterocycles. The summed E-state index contributed by atoms with van der Waals surface area (Å²) in [7, 11) is 0. The second-order valence-electron chi connectivity index (χ2n) is 4.95. The van der Waals surface area contributed by atoms with Crippen molar-refractivity contribution in [3.63, 3.8) is 0 Å². The molecule has 3 rings (SSSR count). The molecule has 6 nitrogen and oxygen atoms in total. The van der Waals surface area contributed by atoms with Gasteiger partial charge in [-0.3, -0.25) is 10.1 Å². The highest BCUT2D eigenvalue weighted by Gasteiger charge is 2.10. The SMILES string of the molecule is CCNC(=O)NC(=O)COc1ccc2oc3ccccc3c2c1. The number of carbonyl (C=O) groups excluding carboxylic acids is 2. The lowest BCUT2D eigenvalue weighted by atomic mass is 10.1. The van der Waals surface area contributed by atoms with Crippen LogP contribution < -0.4 is 15.4 Å². The lowest BCUT2D eigenvalue weighted by Crippen LogP contribution is -2.41. The number of urea groups is 1. The number of rotatable bonds is 4. The Bertz CT molecular complexity index is 869. The number of ether oxygens (including phenoxy) is 1. The number of hydrogen-bond donors (Lipinski definition) is 2. The van der Waals surface area contributed by atoms with E-state index < -0.39 is 11.9 Å². The van der Waals surface area contributed by atoms with Crippen LogP contribution in [-0.2, 0) is 4.79 Å². The van der Waals surface area contributed by atoms with Gasteiger partial charge in [0.05, 0.1) is 0 Å². The van der Waals surface area contributed by atoms with Crippen molar-refractivity contribution in [1.29, 1.82) is 0 Å². The maximum absolute atomic E-state index is 11.6. The molecule has 0 fully saturated rings. The van der Waals surface area contributed by atoms with Crippen molar-refractivity contribution in [1.82, 2.24) is 10.6 Å². The van der Waals surface area contributed by atoms with Crippen molar-refractivity contribution in [3.05, 3.63) is 42.5 Å². The molecule has 0 aliphatic heterocycles. The van der Waals surface area contributed by atoms with E-state index in [1.165, 1.54) is 0 Å². The normalized spacial score (nSPS) is 10.7. The number of hydrogen-bond acceptors (Lipinski definition) is 4. The number of para-hydroxylation sites is 1. The number of fused-ring (bicyclic) bond motifs is 3. The first-order chi connectivity index (χ1) is 11.2. The quantitative estimate of drug-likeness (QED) is 0.776. The Labute approximate surface area is 132 Å². The molecule has 118 valence electrons. The molecule has 0 aliphatic rings. The van der Waals surface area contributed by atoms with Gasteiger partial charge in [0.1, 0.15) is 16.9 Å². The topological polar surface area (TPSA) is 80.6 Å². The number of amides is 3. The maximum atomic E-state index is 11.6. The van der Waals surface area contributed by atoms with E-state index in [0.717, 1.165) is 21.9 Å². The molecule has 3 amide bonds. The number of furan rings is 1. The number of carbonyl (C=O) groups is 2. The fraction of sp³-hybridized carbons (Fsp3) is 0.176. The first-order valence-electron chi connectivity index (χ1n) is 7.29. The number of imide groups is 1. The van der Waals surface area contributed by atoms with Crippen LogP contribution in [0.25, 0.3) is 21.9 Å². The summed E-state index contributed by atoms with van der Waals surface area (Å²) in [4.78, 5) is 22.9. The van der Waals surface area contributed by atoms with Crippen LogP contribution >= 0.6 is 0 Å². The van der Waals surface area contributed by atoms with Crippen molar-refractivity contribution in [2.75, 3.05) is 13.2 Å². The standard InChI is InChI=1S/C17H16N2O4/c1-2-18-17(21)19-16(20)10-22-11-7-8-15-13(9-11)12-5-3-4-6-14(12)23-15/h3-9H,2,10H2,1H3,(H2,18,19,20,21). The lowest BCUT2D eigenvalue weighted by Gasteiger charge is -2.07. The van der Waals surface area contributed by atoms with E-state index in [1.54, 1.807) is 19.1 Å². The average Bonchev–Trinajstić information content (AvgIpc) is 2.91. The van der Waals surface area contributed by atoms with E-state index in [2.05, 4.69) is 10.6 Å². The van der Waals surface area contributed by atoms with Crippen molar-refractivity contribution in [2.45, 2.75) is 6.92 Å². The Morgan fingerprint density at radius 3 is 2.70 bits per heavy atom. The fourth-order valence-electron chi connectivity index (χ4n) is 2.31. The highest BCUT2D eigenvalue weighted by Crippen LogP contribution is 2.31. The van der Waals surface area contributed by atoms with Gasteiger partial charge in [-0.25, -0.2) is 4.79 Å². The van der Waals surface area contributed by atoms with Gasteiger partial charge in [-0.1, -0.05) is 18.2 Å². The summed E-state index contributed by atoms with van der Waals surface area (Å²) in [6.45, 7) is 1.98. The van der Waals surface area contributed by atoms with Gasteiger partial charge in [0.15, 0.2) is 6.61 Å². The van der Waals surface area contributed by atoms with Crippen molar-refractivity contribution in [2.24, 2.45) is 0 Å².